The first kappa shape index (κ1) is 21.7. The molecule has 1 fully saturated rings. The van der Waals surface area contributed by atoms with Gasteiger partial charge in [-0.25, -0.2) is 8.42 Å². The Morgan fingerprint density at radius 3 is 2.70 bits per heavy atom. The highest BCUT2D eigenvalue weighted by atomic mass is 35.5. The molecule has 11 heteroatoms. The third-order valence-electron chi connectivity index (χ3n) is 5.63. The van der Waals surface area contributed by atoms with Crippen molar-refractivity contribution < 1.29 is 22.5 Å². The molecule has 1 saturated carbocycles. The molecule has 0 saturated heterocycles. The molecule has 1 amide bonds. The van der Waals surface area contributed by atoms with E-state index < -0.39 is 10.0 Å². The summed E-state index contributed by atoms with van der Waals surface area (Å²) in [5.74, 6) is 1.31. The molecule has 0 bridgehead atoms. The number of ether oxygens (including phenoxy) is 1. The minimum atomic E-state index is -3.92. The molecule has 1 aliphatic heterocycles. The maximum Gasteiger partial charge on any atom is 0.265 e. The number of hydrogen-bond donors (Lipinski definition) is 1. The molecule has 0 atom stereocenters. The minimum Gasteiger partial charge on any atom is -0.482 e. The van der Waals surface area contributed by atoms with E-state index in [-0.39, 0.29) is 24.0 Å². The van der Waals surface area contributed by atoms with E-state index in [0.717, 1.165) is 12.8 Å². The summed E-state index contributed by atoms with van der Waals surface area (Å²) in [4.78, 5) is 18.5. The third-order valence-corrected chi connectivity index (χ3v) is 7.37. The largest absolute Gasteiger partial charge is 0.482 e. The van der Waals surface area contributed by atoms with Gasteiger partial charge >= 0.3 is 0 Å². The number of aryl methyl sites for hydroxylation is 2. The number of amides is 1. The second kappa shape index (κ2) is 8.03. The molecule has 33 heavy (non-hydrogen) atoms. The fraction of sp³-hybridized carbons (Fsp3) is 0.318. The van der Waals surface area contributed by atoms with Crippen molar-refractivity contribution in [2.45, 2.75) is 44.0 Å². The molecule has 1 aliphatic carbocycles. The zero-order valence-electron chi connectivity index (χ0n) is 18.0. The van der Waals surface area contributed by atoms with Crippen LogP contribution in [0.25, 0.3) is 0 Å². The van der Waals surface area contributed by atoms with Crippen LogP contribution < -0.4 is 14.4 Å². The maximum atomic E-state index is 13.1. The number of carbonyl (C=O) groups is 1. The Morgan fingerprint density at radius 1 is 1.18 bits per heavy atom. The number of benzene rings is 2. The minimum absolute atomic E-state index is 0.0560. The number of aromatic nitrogens is 2. The molecular weight excluding hydrogens is 468 g/mol. The fourth-order valence-electron chi connectivity index (χ4n) is 3.71. The summed E-state index contributed by atoms with van der Waals surface area (Å²) in [6.07, 6.45) is 2.06. The smallest absolute Gasteiger partial charge is 0.265 e. The van der Waals surface area contributed by atoms with Crippen molar-refractivity contribution in [3.8, 4) is 5.75 Å². The molecule has 2 aromatic carbocycles. The van der Waals surface area contributed by atoms with Crippen molar-refractivity contribution in [3.63, 3.8) is 0 Å². The van der Waals surface area contributed by atoms with E-state index in [1.807, 2.05) is 0 Å². The summed E-state index contributed by atoms with van der Waals surface area (Å²) in [6, 6.07) is 7.96. The zero-order chi connectivity index (χ0) is 23.3. The molecule has 0 unspecified atom stereocenters. The molecule has 1 N–H and O–H groups in total. The van der Waals surface area contributed by atoms with E-state index in [4.69, 9.17) is 20.9 Å². The van der Waals surface area contributed by atoms with E-state index in [0.29, 0.717) is 50.9 Å². The lowest BCUT2D eigenvalue weighted by Crippen LogP contribution is -2.38. The van der Waals surface area contributed by atoms with Gasteiger partial charge in [-0.1, -0.05) is 16.8 Å². The normalized spacial score (nSPS) is 15.8. The van der Waals surface area contributed by atoms with Gasteiger partial charge in [0.1, 0.15) is 5.75 Å². The first-order valence-corrected chi connectivity index (χ1v) is 12.3. The Morgan fingerprint density at radius 2 is 1.97 bits per heavy atom. The number of fused-ring (bicyclic) bond motifs is 1. The lowest BCUT2D eigenvalue weighted by atomic mass is 10.1. The molecule has 2 aliphatic rings. The number of hydrogen-bond acceptors (Lipinski definition) is 7. The van der Waals surface area contributed by atoms with Crippen molar-refractivity contribution in [1.82, 2.24) is 10.1 Å². The lowest BCUT2D eigenvalue weighted by molar-refractivity contribution is -0.121. The quantitative estimate of drug-likeness (QED) is 0.558. The first-order valence-electron chi connectivity index (χ1n) is 10.4. The van der Waals surface area contributed by atoms with Crippen molar-refractivity contribution in [2.75, 3.05) is 16.2 Å². The number of anilines is 2. The van der Waals surface area contributed by atoms with Crippen LogP contribution in [-0.4, -0.2) is 31.1 Å². The van der Waals surface area contributed by atoms with Crippen molar-refractivity contribution in [1.29, 1.82) is 0 Å². The van der Waals surface area contributed by atoms with Crippen LogP contribution in [-0.2, 0) is 21.4 Å². The summed E-state index contributed by atoms with van der Waals surface area (Å²) in [5.41, 5.74) is 2.05. The molecule has 1 aromatic heterocycles. The fourth-order valence-corrected chi connectivity index (χ4v) is 5.31. The Bertz CT molecular complexity index is 1370. The molecule has 0 spiro atoms. The van der Waals surface area contributed by atoms with Crippen LogP contribution in [0.5, 0.6) is 5.75 Å². The summed E-state index contributed by atoms with van der Waals surface area (Å²) in [5, 5.41) is 4.50. The van der Waals surface area contributed by atoms with Gasteiger partial charge in [0, 0.05) is 17.0 Å². The van der Waals surface area contributed by atoms with Gasteiger partial charge in [0.15, 0.2) is 12.4 Å². The summed E-state index contributed by atoms with van der Waals surface area (Å²) in [7, 11) is -3.92. The molecular formula is C22H21ClN4O5S. The van der Waals surface area contributed by atoms with Crippen LogP contribution in [0.4, 0.5) is 11.4 Å². The topological polar surface area (TPSA) is 115 Å². The zero-order valence-corrected chi connectivity index (χ0v) is 19.5. The molecule has 0 radical (unpaired) electrons. The van der Waals surface area contributed by atoms with Crippen LogP contribution in [0.15, 0.2) is 39.8 Å². The molecule has 3 aromatic rings. The van der Waals surface area contributed by atoms with Crippen molar-refractivity contribution in [2.24, 2.45) is 0 Å². The number of carbonyl (C=O) groups excluding carboxylic acids is 1. The highest BCUT2D eigenvalue weighted by molar-refractivity contribution is 7.92. The number of rotatable bonds is 6. The Labute approximate surface area is 195 Å². The van der Waals surface area contributed by atoms with Crippen LogP contribution in [0.2, 0.25) is 5.02 Å². The summed E-state index contributed by atoms with van der Waals surface area (Å²) < 4.78 is 39.7. The molecule has 2 heterocycles. The van der Waals surface area contributed by atoms with Crippen LogP contribution in [0.1, 0.15) is 41.6 Å². The third kappa shape index (κ3) is 4.28. The maximum absolute atomic E-state index is 13.1. The van der Waals surface area contributed by atoms with Gasteiger partial charge in [0.05, 0.1) is 22.8 Å². The van der Waals surface area contributed by atoms with Crippen LogP contribution in [0, 0.1) is 13.8 Å². The second-order valence-corrected chi connectivity index (χ2v) is 10.3. The van der Waals surface area contributed by atoms with Gasteiger partial charge in [-0.2, -0.15) is 4.98 Å². The Hall–Kier alpha value is -3.11. The van der Waals surface area contributed by atoms with Gasteiger partial charge in [-0.3, -0.25) is 14.4 Å². The van der Waals surface area contributed by atoms with Gasteiger partial charge in [0.2, 0.25) is 5.89 Å². The number of halogens is 1. The number of nitrogens with zero attached hydrogens (tertiary/aromatic N) is 3. The highest BCUT2D eigenvalue weighted by Crippen LogP contribution is 2.40. The van der Waals surface area contributed by atoms with Crippen LogP contribution in [0.3, 0.4) is 0 Å². The molecule has 172 valence electrons. The van der Waals surface area contributed by atoms with E-state index in [1.54, 1.807) is 38.1 Å². The molecule has 9 nitrogen and oxygen atoms in total. The monoisotopic (exact) mass is 488 g/mol. The van der Waals surface area contributed by atoms with E-state index >= 15 is 0 Å². The predicted molar refractivity (Wildman–Crippen MR) is 121 cm³/mol. The summed E-state index contributed by atoms with van der Waals surface area (Å²) in [6.45, 7) is 3.33. The standard InChI is InChI=1S/C22H21ClN4O5S/c1-12-7-15(23)5-6-16(12)26-33(29,30)19-9-18-17(8-13(19)2)27(21(28)11-31-18)10-20-24-22(32-25-20)14-3-4-14/h5-9,14,26H,3-4,10-11H2,1-2H3. The van der Waals surface area contributed by atoms with Crippen LogP contribution >= 0.6 is 11.6 Å². The SMILES string of the molecule is Cc1cc(Cl)ccc1NS(=O)(=O)c1cc2c(cc1C)N(Cc1noc(C3CC3)n1)C(=O)CO2. The number of nitrogens with one attached hydrogen (secondary N) is 1. The van der Waals surface area contributed by atoms with Gasteiger partial charge in [0.25, 0.3) is 15.9 Å². The van der Waals surface area contributed by atoms with E-state index in [1.165, 1.54) is 11.0 Å². The average molecular weight is 489 g/mol. The van der Waals surface area contributed by atoms with E-state index in [9.17, 15) is 13.2 Å². The van der Waals surface area contributed by atoms with Crippen molar-refractivity contribution in [3.05, 3.63) is 58.2 Å². The van der Waals surface area contributed by atoms with Crippen molar-refractivity contribution >= 4 is 38.9 Å². The van der Waals surface area contributed by atoms with Gasteiger partial charge in [-0.15, -0.1) is 0 Å². The average Bonchev–Trinajstić information content (AvgIpc) is 3.50. The number of sulfonamides is 1. The highest BCUT2D eigenvalue weighted by Gasteiger charge is 2.32. The Kier molecular flexibility index (Phi) is 5.29. The van der Waals surface area contributed by atoms with Gasteiger partial charge < -0.3 is 9.26 Å². The molecule has 5 rings (SSSR count). The lowest BCUT2D eigenvalue weighted by Gasteiger charge is -2.29. The van der Waals surface area contributed by atoms with Gasteiger partial charge in [-0.05, 0) is 62.1 Å². The Balaban J connectivity index is 1.45. The second-order valence-electron chi connectivity index (χ2n) is 8.24. The summed E-state index contributed by atoms with van der Waals surface area (Å²) >= 11 is 5.97. The predicted octanol–water partition coefficient (Wildman–Crippen LogP) is 3.94. The van der Waals surface area contributed by atoms with E-state index in [2.05, 4.69) is 14.9 Å². The first-order chi connectivity index (χ1) is 15.7.